The van der Waals surface area contributed by atoms with Crippen LogP contribution in [-0.2, 0) is 12.3 Å². The Hall–Kier alpha value is -4.31. The molecule has 35 heavy (non-hydrogen) atoms. The third-order valence-electron chi connectivity index (χ3n) is 5.81. The molecular formula is C25H20N8OS. The molecule has 0 bridgehead atoms. The minimum absolute atomic E-state index is 0.0620. The lowest BCUT2D eigenvalue weighted by Gasteiger charge is -2.11. The van der Waals surface area contributed by atoms with Gasteiger partial charge in [0.25, 0.3) is 5.56 Å². The van der Waals surface area contributed by atoms with Gasteiger partial charge in [-0.3, -0.25) is 23.3 Å². The molecule has 0 spiro atoms. The maximum absolute atomic E-state index is 13.0. The van der Waals surface area contributed by atoms with Crippen LogP contribution in [0, 0.1) is 0 Å². The van der Waals surface area contributed by atoms with Gasteiger partial charge in [-0.25, -0.2) is 0 Å². The van der Waals surface area contributed by atoms with Crippen LogP contribution in [0.1, 0.15) is 12.7 Å². The molecule has 0 aliphatic heterocycles. The van der Waals surface area contributed by atoms with Gasteiger partial charge in [0, 0.05) is 30.2 Å². The minimum Gasteiger partial charge on any atom is -0.277 e. The van der Waals surface area contributed by atoms with Crippen LogP contribution in [0.3, 0.4) is 0 Å². The molecule has 172 valence electrons. The van der Waals surface area contributed by atoms with Crippen LogP contribution in [0.5, 0.6) is 0 Å². The molecular weight excluding hydrogens is 460 g/mol. The monoisotopic (exact) mass is 480 g/mol. The highest BCUT2D eigenvalue weighted by molar-refractivity contribution is 7.98. The van der Waals surface area contributed by atoms with Gasteiger partial charge in [-0.2, -0.15) is 0 Å². The molecule has 6 aromatic rings. The predicted octanol–water partition coefficient (Wildman–Crippen LogP) is 4.00. The molecule has 10 heteroatoms. The number of pyridine rings is 1. The first-order chi connectivity index (χ1) is 17.3. The summed E-state index contributed by atoms with van der Waals surface area (Å²) in [6.45, 7) is 2.44. The number of nitrogens with zero attached hydrogens (tertiary/aromatic N) is 8. The van der Waals surface area contributed by atoms with Gasteiger partial charge in [-0.05, 0) is 43.3 Å². The maximum atomic E-state index is 13.0. The normalized spacial score (nSPS) is 11.5. The van der Waals surface area contributed by atoms with Crippen LogP contribution in [0.25, 0.3) is 33.8 Å². The van der Waals surface area contributed by atoms with Crippen LogP contribution >= 0.6 is 11.8 Å². The van der Waals surface area contributed by atoms with Gasteiger partial charge in [0.15, 0.2) is 11.0 Å². The first-order valence-electron chi connectivity index (χ1n) is 11.2. The molecule has 0 saturated heterocycles. The van der Waals surface area contributed by atoms with Crippen molar-refractivity contribution in [2.45, 2.75) is 24.4 Å². The van der Waals surface area contributed by atoms with E-state index < -0.39 is 0 Å². The number of thioether (sulfide) groups is 1. The fourth-order valence-electron chi connectivity index (χ4n) is 4.18. The number of fused-ring (bicyclic) bond motifs is 3. The van der Waals surface area contributed by atoms with Crippen molar-refractivity contribution in [2.24, 2.45) is 0 Å². The molecule has 4 aromatic heterocycles. The lowest BCUT2D eigenvalue weighted by molar-refractivity contribution is 0.735. The van der Waals surface area contributed by atoms with E-state index in [1.54, 1.807) is 17.0 Å². The Bertz CT molecular complexity index is 1710. The summed E-state index contributed by atoms with van der Waals surface area (Å²) in [7, 11) is 0. The number of hydrogen-bond acceptors (Lipinski definition) is 7. The summed E-state index contributed by atoms with van der Waals surface area (Å²) in [5, 5.41) is 19.2. The summed E-state index contributed by atoms with van der Waals surface area (Å²) >= 11 is 1.52. The largest absolute Gasteiger partial charge is 0.277 e. The zero-order chi connectivity index (χ0) is 23.8. The molecule has 0 atom stereocenters. The molecule has 2 aromatic carbocycles. The van der Waals surface area contributed by atoms with E-state index in [0.29, 0.717) is 23.5 Å². The van der Waals surface area contributed by atoms with Gasteiger partial charge >= 0.3 is 0 Å². The van der Waals surface area contributed by atoms with E-state index in [-0.39, 0.29) is 5.56 Å². The van der Waals surface area contributed by atoms with Crippen molar-refractivity contribution >= 4 is 28.4 Å². The summed E-state index contributed by atoms with van der Waals surface area (Å²) in [6.07, 6.45) is 3.49. The Morgan fingerprint density at radius 3 is 2.43 bits per heavy atom. The average molecular weight is 481 g/mol. The highest BCUT2D eigenvalue weighted by atomic mass is 32.2. The Morgan fingerprint density at radius 1 is 0.857 bits per heavy atom. The van der Waals surface area contributed by atoms with Gasteiger partial charge in [0.05, 0.1) is 16.7 Å². The standard InChI is InChI=1S/C25H20N8OS/c1-2-31-23(34)19-10-6-7-11-20(19)33-21(27-29-24(31)33)16-35-25-30-28-22(17-12-14-26-15-13-17)32(25)18-8-4-3-5-9-18/h3-15H,2,16H2,1H3. The van der Waals surface area contributed by atoms with Crippen molar-refractivity contribution in [2.75, 3.05) is 0 Å². The second-order valence-corrected chi connectivity index (χ2v) is 8.76. The molecule has 9 nitrogen and oxygen atoms in total. The molecule has 0 fully saturated rings. The lowest BCUT2D eigenvalue weighted by Crippen LogP contribution is -2.22. The van der Waals surface area contributed by atoms with E-state index in [1.807, 2.05) is 82.6 Å². The Kier molecular flexibility index (Phi) is 5.34. The first-order valence-corrected chi connectivity index (χ1v) is 12.1. The Morgan fingerprint density at radius 2 is 1.63 bits per heavy atom. The van der Waals surface area contributed by atoms with Gasteiger partial charge < -0.3 is 0 Å². The predicted molar refractivity (Wildman–Crippen MR) is 135 cm³/mol. The number of rotatable bonds is 6. The van der Waals surface area contributed by atoms with E-state index in [2.05, 4.69) is 25.4 Å². The highest BCUT2D eigenvalue weighted by Crippen LogP contribution is 2.29. The van der Waals surface area contributed by atoms with Crippen LogP contribution in [0.15, 0.2) is 89.1 Å². The maximum Gasteiger partial charge on any atom is 0.262 e. The molecule has 0 saturated carbocycles. The molecule has 0 aliphatic carbocycles. The quantitative estimate of drug-likeness (QED) is 0.333. The van der Waals surface area contributed by atoms with Crippen molar-refractivity contribution in [3.63, 3.8) is 0 Å². The molecule has 4 heterocycles. The van der Waals surface area contributed by atoms with Gasteiger partial charge in [-0.15, -0.1) is 20.4 Å². The van der Waals surface area contributed by atoms with E-state index in [1.165, 1.54) is 11.8 Å². The van der Waals surface area contributed by atoms with Crippen LogP contribution in [0.2, 0.25) is 0 Å². The van der Waals surface area contributed by atoms with Crippen LogP contribution in [0.4, 0.5) is 0 Å². The Balaban J connectivity index is 1.45. The summed E-state index contributed by atoms with van der Waals surface area (Å²) in [6, 6.07) is 21.4. The van der Waals surface area contributed by atoms with Crippen molar-refractivity contribution in [3.8, 4) is 17.1 Å². The summed E-state index contributed by atoms with van der Waals surface area (Å²) in [5.74, 6) is 2.50. The molecule has 0 aliphatic rings. The van der Waals surface area contributed by atoms with E-state index in [4.69, 9.17) is 0 Å². The number of aromatic nitrogens is 8. The molecule has 0 unspecified atom stereocenters. The van der Waals surface area contributed by atoms with Crippen molar-refractivity contribution in [1.82, 2.24) is 38.9 Å². The van der Waals surface area contributed by atoms with Gasteiger partial charge in [-0.1, -0.05) is 42.1 Å². The highest BCUT2D eigenvalue weighted by Gasteiger charge is 2.19. The third kappa shape index (κ3) is 3.58. The first kappa shape index (κ1) is 21.2. The summed E-state index contributed by atoms with van der Waals surface area (Å²) < 4.78 is 5.64. The van der Waals surface area contributed by atoms with Gasteiger partial charge in [0.1, 0.15) is 5.82 Å². The lowest BCUT2D eigenvalue weighted by atomic mass is 10.2. The van der Waals surface area contributed by atoms with Crippen molar-refractivity contribution in [3.05, 3.63) is 95.3 Å². The SMILES string of the molecule is CCn1c(=O)c2ccccc2n2c(CSc3nnc(-c4ccncc4)n3-c3ccccc3)nnc12. The number of benzene rings is 2. The summed E-state index contributed by atoms with van der Waals surface area (Å²) in [4.78, 5) is 17.1. The number of hydrogen-bond donors (Lipinski definition) is 0. The van der Waals surface area contributed by atoms with E-state index in [9.17, 15) is 4.79 Å². The third-order valence-corrected chi connectivity index (χ3v) is 6.73. The second kappa shape index (κ2) is 8.80. The summed E-state index contributed by atoms with van der Waals surface area (Å²) in [5.41, 5.74) is 2.62. The Labute approximate surface area is 204 Å². The van der Waals surface area contributed by atoms with Gasteiger partial charge in [0.2, 0.25) is 5.78 Å². The molecule has 6 rings (SSSR count). The van der Waals surface area contributed by atoms with Crippen LogP contribution in [-0.4, -0.2) is 38.9 Å². The zero-order valence-corrected chi connectivity index (χ0v) is 19.6. The second-order valence-electron chi connectivity index (χ2n) is 7.82. The molecule has 0 radical (unpaired) electrons. The van der Waals surface area contributed by atoms with E-state index in [0.717, 1.165) is 33.6 Å². The van der Waals surface area contributed by atoms with Crippen LogP contribution < -0.4 is 5.56 Å². The fourth-order valence-corrected chi connectivity index (χ4v) is 5.05. The van der Waals surface area contributed by atoms with Crippen molar-refractivity contribution in [1.29, 1.82) is 0 Å². The van der Waals surface area contributed by atoms with Crippen molar-refractivity contribution < 1.29 is 0 Å². The number of para-hydroxylation sites is 2. The molecule has 0 N–H and O–H groups in total. The smallest absolute Gasteiger partial charge is 0.262 e. The zero-order valence-electron chi connectivity index (χ0n) is 18.8. The molecule has 0 amide bonds. The average Bonchev–Trinajstić information content (AvgIpc) is 3.53. The topological polar surface area (TPSA) is 95.8 Å². The fraction of sp³-hybridized carbons (Fsp3) is 0.120. The van der Waals surface area contributed by atoms with E-state index >= 15 is 0 Å². The number of aryl methyl sites for hydroxylation is 1. The minimum atomic E-state index is -0.0620.